The quantitative estimate of drug-likeness (QED) is 0.369. The largest absolute Gasteiger partial charge is 0.0776 e. The predicted molar refractivity (Wildman–Crippen MR) is 156 cm³/mol. The van der Waals surface area contributed by atoms with Crippen molar-refractivity contribution in [3.8, 4) is 0 Å². The first-order valence-corrected chi connectivity index (χ1v) is 13.8. The second-order valence-electron chi connectivity index (χ2n) is 7.90. The summed E-state index contributed by atoms with van der Waals surface area (Å²) < 4.78 is 0. The third-order valence-electron chi connectivity index (χ3n) is 6.23. The first kappa shape index (κ1) is 36.0. The summed E-state index contributed by atoms with van der Waals surface area (Å²) >= 11 is 0. The van der Waals surface area contributed by atoms with E-state index in [1.807, 2.05) is 91.8 Å². The highest BCUT2D eigenvalue weighted by Gasteiger charge is 2.48. The molecule has 3 aliphatic rings. The van der Waals surface area contributed by atoms with Crippen LogP contribution in [0.4, 0.5) is 0 Å². The van der Waals surface area contributed by atoms with Gasteiger partial charge >= 0.3 is 0 Å². The maximum absolute atomic E-state index is 2.08. The number of rotatable bonds is 0. The Balaban J connectivity index is -0.000000357. The third kappa shape index (κ3) is 14.3. The fourth-order valence-electron chi connectivity index (χ4n) is 5.09. The average Bonchev–Trinajstić information content (AvgIpc) is 3.62. The molecule has 0 nitrogen and oxygen atoms in total. The molecule has 33 heavy (non-hydrogen) atoms. The van der Waals surface area contributed by atoms with Crippen molar-refractivity contribution in [1.82, 2.24) is 0 Å². The Labute approximate surface area is 210 Å². The Morgan fingerprint density at radius 2 is 0.788 bits per heavy atom. The molecule has 0 aliphatic heterocycles. The zero-order valence-electron chi connectivity index (χ0n) is 23.3. The van der Waals surface area contributed by atoms with Gasteiger partial charge in [0, 0.05) is 0 Å². The monoisotopic (exact) mass is 456 g/mol. The van der Waals surface area contributed by atoms with Gasteiger partial charge in [-0.2, -0.15) is 0 Å². The van der Waals surface area contributed by atoms with E-state index >= 15 is 0 Å². The molecule has 5 rings (SSSR count). The molecule has 3 fully saturated rings. The molecule has 4 atom stereocenters. The van der Waals surface area contributed by atoms with Crippen molar-refractivity contribution in [2.75, 3.05) is 0 Å². The van der Waals surface area contributed by atoms with E-state index in [0.29, 0.717) is 0 Å². The molecule has 0 spiro atoms. The van der Waals surface area contributed by atoms with Gasteiger partial charge in [-0.15, -0.1) is 0 Å². The highest BCUT2D eigenvalue weighted by Crippen LogP contribution is 2.58. The van der Waals surface area contributed by atoms with Crippen molar-refractivity contribution in [2.45, 2.75) is 115 Å². The van der Waals surface area contributed by atoms with Crippen LogP contribution in [0.15, 0.2) is 60.7 Å². The topological polar surface area (TPSA) is 0 Å². The Kier molecular flexibility index (Phi) is 27.4. The molecule has 0 radical (unpaired) electrons. The second kappa shape index (κ2) is 25.1. The van der Waals surface area contributed by atoms with Crippen LogP contribution < -0.4 is 0 Å². The van der Waals surface area contributed by atoms with E-state index < -0.39 is 0 Å². The SMILES string of the molecule is C.C1CC2C3CCC(C3)C2C1.CC.CC.CC.CC.Cc1ccccc1.Cc1ccccc1. The lowest BCUT2D eigenvalue weighted by molar-refractivity contribution is 0.259. The zero-order valence-corrected chi connectivity index (χ0v) is 23.3. The summed E-state index contributed by atoms with van der Waals surface area (Å²) in [5.41, 5.74) is 2.64. The highest BCUT2D eigenvalue weighted by molar-refractivity contribution is 5.12. The van der Waals surface area contributed by atoms with Crippen LogP contribution in [0.2, 0.25) is 0 Å². The summed E-state index contributed by atoms with van der Waals surface area (Å²) in [6.07, 6.45) is 9.53. The van der Waals surface area contributed by atoms with Crippen molar-refractivity contribution in [1.29, 1.82) is 0 Å². The summed E-state index contributed by atoms with van der Waals surface area (Å²) in [4.78, 5) is 0. The maximum Gasteiger partial charge on any atom is -0.0355 e. The van der Waals surface area contributed by atoms with E-state index in [0.717, 1.165) is 0 Å². The summed E-state index contributed by atoms with van der Waals surface area (Å²) in [6.45, 7) is 20.2. The molecule has 192 valence electrons. The van der Waals surface area contributed by atoms with Gasteiger partial charge in [-0.1, -0.05) is 141 Å². The van der Waals surface area contributed by atoms with Crippen LogP contribution in [0.3, 0.4) is 0 Å². The molecular formula is C33H60. The minimum absolute atomic E-state index is 0. The fourth-order valence-corrected chi connectivity index (χ4v) is 5.09. The molecule has 2 aromatic rings. The van der Waals surface area contributed by atoms with Gasteiger partial charge in [-0.25, -0.2) is 0 Å². The Hall–Kier alpha value is -1.56. The number of aryl methyl sites for hydroxylation is 2. The molecule has 0 amide bonds. The van der Waals surface area contributed by atoms with Gasteiger partial charge in [-0.05, 0) is 69.6 Å². The summed E-state index contributed by atoms with van der Waals surface area (Å²) in [5, 5.41) is 0. The molecular weight excluding hydrogens is 396 g/mol. The second-order valence-corrected chi connectivity index (χ2v) is 7.90. The van der Waals surface area contributed by atoms with Crippen LogP contribution >= 0.6 is 0 Å². The van der Waals surface area contributed by atoms with Gasteiger partial charge in [-0.3, -0.25) is 0 Å². The first-order chi connectivity index (χ1) is 15.7. The van der Waals surface area contributed by atoms with Crippen LogP contribution in [-0.2, 0) is 0 Å². The van der Waals surface area contributed by atoms with Crippen molar-refractivity contribution < 1.29 is 0 Å². The molecule has 0 N–H and O–H groups in total. The van der Waals surface area contributed by atoms with E-state index in [4.69, 9.17) is 0 Å². The molecule has 4 unspecified atom stereocenters. The summed E-state index contributed by atoms with van der Waals surface area (Å²) in [7, 11) is 0. The standard InChI is InChI=1S/C10H16.2C7H8.4C2H6.CH4/c1-2-9-7-4-5-8(6-7)10(9)3-1;2*1-7-5-3-2-4-6-7;4*1-2;/h7-10H,1-6H2;2*2-6H,1H3;4*1-2H3;1H4. The Morgan fingerprint density at radius 1 is 0.485 bits per heavy atom. The molecule has 0 saturated heterocycles. The smallest absolute Gasteiger partial charge is 0.0355 e. The lowest BCUT2D eigenvalue weighted by atomic mass is 9.82. The van der Waals surface area contributed by atoms with Gasteiger partial charge in [0.15, 0.2) is 0 Å². The number of hydrogen-bond donors (Lipinski definition) is 0. The van der Waals surface area contributed by atoms with Crippen molar-refractivity contribution in [2.24, 2.45) is 23.7 Å². The van der Waals surface area contributed by atoms with E-state index in [2.05, 4.69) is 38.1 Å². The van der Waals surface area contributed by atoms with Crippen molar-refractivity contribution in [3.05, 3.63) is 71.8 Å². The summed E-state index contributed by atoms with van der Waals surface area (Å²) in [5.74, 6) is 4.80. The average molecular weight is 457 g/mol. The van der Waals surface area contributed by atoms with Crippen LogP contribution in [0.1, 0.15) is 112 Å². The van der Waals surface area contributed by atoms with Crippen molar-refractivity contribution >= 4 is 0 Å². The minimum Gasteiger partial charge on any atom is -0.0776 e. The number of fused-ring (bicyclic) bond motifs is 5. The fraction of sp³-hybridized carbons (Fsp3) is 0.636. The molecule has 3 saturated carbocycles. The van der Waals surface area contributed by atoms with Crippen molar-refractivity contribution in [3.63, 3.8) is 0 Å². The lowest BCUT2D eigenvalue weighted by Gasteiger charge is -2.23. The molecule has 0 heterocycles. The maximum atomic E-state index is 2.08. The number of benzene rings is 2. The molecule has 0 aromatic heterocycles. The Morgan fingerprint density at radius 3 is 1.03 bits per heavy atom. The first-order valence-electron chi connectivity index (χ1n) is 13.8. The van der Waals surface area contributed by atoms with Crippen LogP contribution in [0.5, 0.6) is 0 Å². The normalized spacial score (nSPS) is 21.9. The third-order valence-corrected chi connectivity index (χ3v) is 6.23. The van der Waals surface area contributed by atoms with E-state index in [-0.39, 0.29) is 7.43 Å². The van der Waals surface area contributed by atoms with Gasteiger partial charge in [0.05, 0.1) is 0 Å². The molecule has 2 bridgehead atoms. The zero-order chi connectivity index (χ0) is 24.8. The molecule has 2 aromatic carbocycles. The highest BCUT2D eigenvalue weighted by atomic mass is 14.5. The van der Waals surface area contributed by atoms with Crippen LogP contribution in [-0.4, -0.2) is 0 Å². The van der Waals surface area contributed by atoms with Crippen LogP contribution in [0.25, 0.3) is 0 Å². The predicted octanol–water partition coefficient (Wildman–Crippen LogP) is 11.6. The van der Waals surface area contributed by atoms with Gasteiger partial charge < -0.3 is 0 Å². The lowest BCUT2D eigenvalue weighted by Crippen LogP contribution is -2.15. The van der Waals surface area contributed by atoms with Crippen LogP contribution in [0, 0.1) is 37.5 Å². The number of hydrogen-bond acceptors (Lipinski definition) is 0. The Bertz CT molecular complexity index is 532. The van der Waals surface area contributed by atoms with E-state index in [1.54, 1.807) is 38.5 Å². The van der Waals surface area contributed by atoms with Gasteiger partial charge in [0.1, 0.15) is 0 Å². The molecule has 3 aliphatic carbocycles. The van der Waals surface area contributed by atoms with E-state index in [9.17, 15) is 0 Å². The minimum atomic E-state index is 0. The summed E-state index contributed by atoms with van der Waals surface area (Å²) in [6, 6.07) is 20.5. The van der Waals surface area contributed by atoms with E-state index in [1.165, 1.54) is 34.8 Å². The van der Waals surface area contributed by atoms with Gasteiger partial charge in [0.25, 0.3) is 0 Å². The molecule has 0 heteroatoms. The van der Waals surface area contributed by atoms with Gasteiger partial charge in [0.2, 0.25) is 0 Å².